The Bertz CT molecular complexity index is 112. The van der Waals surface area contributed by atoms with E-state index in [9.17, 15) is 0 Å². The highest BCUT2D eigenvalue weighted by molar-refractivity contribution is 7.97. The lowest BCUT2D eigenvalue weighted by Gasteiger charge is -2.01. The van der Waals surface area contributed by atoms with Gasteiger partial charge in [-0.3, -0.25) is 0 Å². The average molecular weight is 161 g/mol. The molecule has 0 aromatic carbocycles. The van der Waals surface area contributed by atoms with Crippen molar-refractivity contribution in [2.45, 2.75) is 27.2 Å². The summed E-state index contributed by atoms with van der Waals surface area (Å²) in [7, 11) is 0. The quantitative estimate of drug-likeness (QED) is 0.221. The Hall–Kier alpha value is -0.180. The summed E-state index contributed by atoms with van der Waals surface area (Å²) in [5.74, 6) is 0.361. The fourth-order valence-corrected chi connectivity index (χ4v) is 0.366. The average Bonchev–Trinajstić information content (AvgIpc) is 1.88. The van der Waals surface area contributed by atoms with Crippen molar-refractivity contribution in [1.82, 2.24) is 0 Å². The van der Waals surface area contributed by atoms with Gasteiger partial charge in [-0.05, 0) is 6.42 Å². The van der Waals surface area contributed by atoms with E-state index in [1.807, 2.05) is 20.8 Å². The van der Waals surface area contributed by atoms with Crippen LogP contribution in [0.1, 0.15) is 27.2 Å². The Labute approximate surface area is 68.0 Å². The topological polar surface area (TPSA) is 21.6 Å². The zero-order valence-electron chi connectivity index (χ0n) is 6.79. The van der Waals surface area contributed by atoms with E-state index in [2.05, 4.69) is 17.8 Å². The Balaban J connectivity index is 3.48. The summed E-state index contributed by atoms with van der Waals surface area (Å²) in [6.45, 7) is 6.78. The molecule has 0 N–H and O–H groups in total. The molecule has 0 saturated carbocycles. The van der Waals surface area contributed by atoms with Crippen molar-refractivity contribution >= 4 is 17.7 Å². The summed E-state index contributed by atoms with van der Waals surface area (Å²) in [6, 6.07) is 0. The summed E-state index contributed by atoms with van der Waals surface area (Å²) in [5.41, 5.74) is 0. The van der Waals surface area contributed by atoms with Crippen LogP contribution in [0.3, 0.4) is 0 Å². The summed E-state index contributed by atoms with van der Waals surface area (Å²) in [6.07, 6.45) is 0.989. The summed E-state index contributed by atoms with van der Waals surface area (Å²) in [4.78, 5) is 4.92. The van der Waals surface area contributed by atoms with Crippen LogP contribution in [-0.4, -0.2) is 11.7 Å². The number of thiol groups is 1. The van der Waals surface area contributed by atoms with Crippen LogP contribution in [-0.2, 0) is 4.84 Å². The summed E-state index contributed by atoms with van der Waals surface area (Å²) in [5, 5.41) is 4.55. The van der Waals surface area contributed by atoms with Crippen molar-refractivity contribution in [1.29, 1.82) is 0 Å². The Morgan fingerprint density at radius 3 is 2.60 bits per heavy atom. The predicted octanol–water partition coefficient (Wildman–Crippen LogP) is 2.31. The maximum Gasteiger partial charge on any atom is 0.116 e. The summed E-state index contributed by atoms with van der Waals surface area (Å²) < 4.78 is 0. The van der Waals surface area contributed by atoms with E-state index in [4.69, 9.17) is 4.84 Å². The molecule has 0 spiro atoms. The molecule has 3 heteroatoms. The lowest BCUT2D eigenvalue weighted by molar-refractivity contribution is 0.145. The Kier molecular flexibility index (Phi) is 5.49. The molecule has 0 aliphatic carbocycles. The van der Waals surface area contributed by atoms with Crippen LogP contribution in [0, 0.1) is 5.92 Å². The third-order valence-electron chi connectivity index (χ3n) is 0.970. The molecule has 0 radical (unpaired) electrons. The summed E-state index contributed by atoms with van der Waals surface area (Å²) >= 11 is 4.12. The number of hydrogen-bond donors (Lipinski definition) is 1. The fourth-order valence-electron chi connectivity index (χ4n) is 0.308. The van der Waals surface area contributed by atoms with Crippen LogP contribution >= 0.6 is 12.6 Å². The molecule has 10 heavy (non-hydrogen) atoms. The highest BCUT2D eigenvalue weighted by atomic mass is 32.1. The maximum atomic E-state index is 4.92. The largest absolute Gasteiger partial charge is 0.395 e. The molecule has 0 saturated heterocycles. The zero-order chi connectivity index (χ0) is 7.98. The van der Waals surface area contributed by atoms with Crippen molar-refractivity contribution in [2.75, 3.05) is 6.61 Å². The second kappa shape index (κ2) is 5.59. The van der Waals surface area contributed by atoms with E-state index in [1.165, 1.54) is 0 Å². The first-order valence-electron chi connectivity index (χ1n) is 3.57. The molecule has 0 aliphatic heterocycles. The van der Waals surface area contributed by atoms with Gasteiger partial charge in [0.2, 0.25) is 0 Å². The molecule has 2 nitrogen and oxygen atoms in total. The van der Waals surface area contributed by atoms with Crippen molar-refractivity contribution < 1.29 is 4.84 Å². The van der Waals surface area contributed by atoms with Crippen LogP contribution in [0.5, 0.6) is 0 Å². The van der Waals surface area contributed by atoms with Crippen LogP contribution in [0.4, 0.5) is 0 Å². The molecule has 0 aromatic heterocycles. The van der Waals surface area contributed by atoms with E-state index >= 15 is 0 Å². The molecule has 0 heterocycles. The van der Waals surface area contributed by atoms with Crippen molar-refractivity contribution in [3.63, 3.8) is 0 Å². The van der Waals surface area contributed by atoms with Gasteiger partial charge >= 0.3 is 0 Å². The molecule has 0 aromatic rings. The lowest BCUT2D eigenvalue weighted by Crippen LogP contribution is -1.99. The molecule has 0 bridgehead atoms. The SMILES string of the molecule is CCCON=C(S)C(C)C. The van der Waals surface area contributed by atoms with Gasteiger partial charge < -0.3 is 4.84 Å². The van der Waals surface area contributed by atoms with Crippen LogP contribution < -0.4 is 0 Å². The van der Waals surface area contributed by atoms with Gasteiger partial charge in [-0.25, -0.2) is 0 Å². The molecule has 0 fully saturated rings. The minimum Gasteiger partial charge on any atom is -0.395 e. The molecule has 0 rings (SSSR count). The highest BCUT2D eigenvalue weighted by Crippen LogP contribution is 2.01. The van der Waals surface area contributed by atoms with Gasteiger partial charge in [0.1, 0.15) is 11.7 Å². The van der Waals surface area contributed by atoms with E-state index in [-0.39, 0.29) is 0 Å². The third kappa shape index (κ3) is 4.68. The Morgan fingerprint density at radius 1 is 1.60 bits per heavy atom. The molecular formula is C7H15NOS. The van der Waals surface area contributed by atoms with Crippen molar-refractivity contribution in [2.24, 2.45) is 11.1 Å². The normalized spacial score (nSPS) is 12.3. The fraction of sp³-hybridized carbons (Fsp3) is 0.857. The second-order valence-electron chi connectivity index (χ2n) is 2.44. The predicted molar refractivity (Wildman–Crippen MR) is 47.5 cm³/mol. The number of rotatable bonds is 4. The van der Waals surface area contributed by atoms with Gasteiger partial charge in [-0.1, -0.05) is 25.9 Å². The first-order chi connectivity index (χ1) is 4.68. The van der Waals surface area contributed by atoms with Crippen molar-refractivity contribution in [3.05, 3.63) is 0 Å². The molecule has 60 valence electrons. The minimum absolute atomic E-state index is 0.361. The van der Waals surface area contributed by atoms with Gasteiger partial charge in [0, 0.05) is 5.92 Å². The number of oxime groups is 1. The van der Waals surface area contributed by atoms with Crippen LogP contribution in [0.15, 0.2) is 5.16 Å². The van der Waals surface area contributed by atoms with Gasteiger partial charge in [-0.2, -0.15) is 0 Å². The molecule has 0 unspecified atom stereocenters. The van der Waals surface area contributed by atoms with E-state index < -0.39 is 0 Å². The minimum atomic E-state index is 0.361. The molecule has 0 atom stereocenters. The van der Waals surface area contributed by atoms with Gasteiger partial charge in [-0.15, -0.1) is 12.6 Å². The first-order valence-corrected chi connectivity index (χ1v) is 4.02. The van der Waals surface area contributed by atoms with Crippen LogP contribution in [0.25, 0.3) is 0 Å². The third-order valence-corrected chi connectivity index (χ3v) is 1.57. The van der Waals surface area contributed by atoms with E-state index in [0.717, 1.165) is 11.5 Å². The zero-order valence-corrected chi connectivity index (χ0v) is 7.69. The molecule has 0 aliphatic rings. The standard InChI is InChI=1S/C7H15NOS/c1-4-5-9-8-7(10)6(2)3/h6H,4-5H2,1-3H3,(H,8,10). The van der Waals surface area contributed by atoms with E-state index in [1.54, 1.807) is 0 Å². The molecular weight excluding hydrogens is 146 g/mol. The van der Waals surface area contributed by atoms with Crippen molar-refractivity contribution in [3.8, 4) is 0 Å². The number of hydrogen-bond acceptors (Lipinski definition) is 2. The van der Waals surface area contributed by atoms with E-state index in [0.29, 0.717) is 12.5 Å². The smallest absolute Gasteiger partial charge is 0.116 e. The monoisotopic (exact) mass is 161 g/mol. The Morgan fingerprint density at radius 2 is 2.20 bits per heavy atom. The van der Waals surface area contributed by atoms with Crippen LogP contribution in [0.2, 0.25) is 0 Å². The number of nitrogens with zero attached hydrogens (tertiary/aromatic N) is 1. The maximum absolute atomic E-state index is 4.92. The van der Waals surface area contributed by atoms with Gasteiger partial charge in [0.25, 0.3) is 0 Å². The lowest BCUT2D eigenvalue weighted by atomic mass is 10.2. The van der Waals surface area contributed by atoms with Gasteiger partial charge in [0.15, 0.2) is 0 Å². The molecule has 0 amide bonds. The second-order valence-corrected chi connectivity index (χ2v) is 2.90. The first kappa shape index (κ1) is 9.82. The highest BCUT2D eigenvalue weighted by Gasteiger charge is 1.97. The van der Waals surface area contributed by atoms with Gasteiger partial charge in [0.05, 0.1) is 0 Å².